The number of aryl methyl sites for hydroxylation is 1. The summed E-state index contributed by atoms with van der Waals surface area (Å²) in [6, 6.07) is 0.614. The number of rotatable bonds is 4. The number of hydrogen-bond donors (Lipinski definition) is 1. The fraction of sp³-hybridized carbons (Fsp3) is 0.765. The number of carbonyl (C=O) groups excluding carboxylic acids is 1. The Bertz CT molecular complexity index is 529. The van der Waals surface area contributed by atoms with Gasteiger partial charge in [-0.1, -0.05) is 6.92 Å². The van der Waals surface area contributed by atoms with Gasteiger partial charge < -0.3 is 14.8 Å². The quantitative estimate of drug-likeness (QED) is 0.905. The van der Waals surface area contributed by atoms with Gasteiger partial charge in [0, 0.05) is 51.7 Å². The summed E-state index contributed by atoms with van der Waals surface area (Å²) < 4.78 is 2.06. The van der Waals surface area contributed by atoms with Gasteiger partial charge in [0.25, 0.3) is 0 Å². The predicted octanol–water partition coefficient (Wildman–Crippen LogP) is 1.16. The first-order valence-corrected chi connectivity index (χ1v) is 8.92. The van der Waals surface area contributed by atoms with E-state index in [0.29, 0.717) is 12.6 Å². The monoisotopic (exact) mass is 319 g/mol. The number of carbonyl (C=O) groups is 1. The molecule has 23 heavy (non-hydrogen) atoms. The molecular formula is C17H29N5O. The Labute approximate surface area is 138 Å². The summed E-state index contributed by atoms with van der Waals surface area (Å²) in [6.45, 7) is 6.32. The molecule has 1 N–H and O–H groups in total. The van der Waals surface area contributed by atoms with Crippen molar-refractivity contribution in [1.82, 2.24) is 24.7 Å². The predicted molar refractivity (Wildman–Crippen MR) is 90.0 cm³/mol. The van der Waals surface area contributed by atoms with Crippen LogP contribution in [0.3, 0.4) is 0 Å². The van der Waals surface area contributed by atoms with Gasteiger partial charge in [-0.15, -0.1) is 0 Å². The van der Waals surface area contributed by atoms with Crippen molar-refractivity contribution in [2.24, 2.45) is 7.05 Å². The van der Waals surface area contributed by atoms with E-state index in [2.05, 4.69) is 31.6 Å². The van der Waals surface area contributed by atoms with Gasteiger partial charge in [0.2, 0.25) is 5.91 Å². The molecule has 2 unspecified atom stereocenters. The third kappa shape index (κ3) is 3.58. The number of imidazole rings is 1. The molecule has 3 heterocycles. The average Bonchev–Trinajstić information content (AvgIpc) is 3.01. The molecule has 3 rings (SSSR count). The summed E-state index contributed by atoms with van der Waals surface area (Å²) in [6.07, 6.45) is 8.43. The highest BCUT2D eigenvalue weighted by Gasteiger charge is 2.31. The van der Waals surface area contributed by atoms with E-state index in [1.807, 2.05) is 19.4 Å². The number of hydrogen-bond acceptors (Lipinski definition) is 4. The summed E-state index contributed by atoms with van der Waals surface area (Å²) >= 11 is 0. The first-order chi connectivity index (χ1) is 11.2. The van der Waals surface area contributed by atoms with Crippen molar-refractivity contribution in [2.75, 3.05) is 32.7 Å². The summed E-state index contributed by atoms with van der Waals surface area (Å²) in [7, 11) is 2.02. The second-order valence-corrected chi connectivity index (χ2v) is 6.73. The average molecular weight is 319 g/mol. The Kier molecular flexibility index (Phi) is 5.33. The zero-order chi connectivity index (χ0) is 16.2. The van der Waals surface area contributed by atoms with E-state index in [1.54, 1.807) is 0 Å². The van der Waals surface area contributed by atoms with Gasteiger partial charge in [-0.05, 0) is 25.7 Å². The van der Waals surface area contributed by atoms with Crippen LogP contribution in [0.15, 0.2) is 12.4 Å². The molecule has 0 spiro atoms. The van der Waals surface area contributed by atoms with E-state index in [0.717, 1.165) is 51.3 Å². The van der Waals surface area contributed by atoms with Crippen molar-refractivity contribution in [3.63, 3.8) is 0 Å². The number of amides is 1. The van der Waals surface area contributed by atoms with Crippen LogP contribution in [0.2, 0.25) is 0 Å². The summed E-state index contributed by atoms with van der Waals surface area (Å²) in [5.74, 6) is 1.33. The Hall–Kier alpha value is -1.40. The molecule has 2 atom stereocenters. The molecule has 0 radical (unpaired) electrons. The van der Waals surface area contributed by atoms with Gasteiger partial charge in [-0.3, -0.25) is 9.69 Å². The smallest absolute Gasteiger partial charge is 0.237 e. The number of aromatic nitrogens is 2. The number of nitrogens with one attached hydrogen (secondary N) is 1. The van der Waals surface area contributed by atoms with Gasteiger partial charge in [0.1, 0.15) is 5.82 Å². The summed E-state index contributed by atoms with van der Waals surface area (Å²) in [5.41, 5.74) is 0. The molecule has 2 fully saturated rings. The fourth-order valence-corrected chi connectivity index (χ4v) is 3.91. The third-order valence-electron chi connectivity index (χ3n) is 5.27. The molecule has 2 saturated heterocycles. The molecule has 2 aliphatic rings. The van der Waals surface area contributed by atoms with Crippen LogP contribution in [0.25, 0.3) is 0 Å². The van der Waals surface area contributed by atoms with Crippen LogP contribution in [-0.4, -0.2) is 64.0 Å². The van der Waals surface area contributed by atoms with Crippen LogP contribution in [0.4, 0.5) is 0 Å². The molecule has 0 aromatic carbocycles. The van der Waals surface area contributed by atoms with Crippen LogP contribution in [0, 0.1) is 0 Å². The molecule has 0 aliphatic carbocycles. The number of likely N-dealkylation sites (tertiary alicyclic amines) is 1. The van der Waals surface area contributed by atoms with E-state index < -0.39 is 0 Å². The Morgan fingerprint density at radius 3 is 3.00 bits per heavy atom. The van der Waals surface area contributed by atoms with Crippen LogP contribution in [0.1, 0.15) is 44.5 Å². The van der Waals surface area contributed by atoms with Gasteiger partial charge >= 0.3 is 0 Å². The van der Waals surface area contributed by atoms with Crippen molar-refractivity contribution >= 4 is 5.91 Å². The third-order valence-corrected chi connectivity index (χ3v) is 5.27. The normalized spacial score (nSPS) is 26.4. The van der Waals surface area contributed by atoms with Gasteiger partial charge in [-0.2, -0.15) is 0 Å². The van der Waals surface area contributed by atoms with Crippen molar-refractivity contribution in [3.05, 3.63) is 18.2 Å². The molecule has 128 valence electrons. The zero-order valence-electron chi connectivity index (χ0n) is 14.4. The maximum Gasteiger partial charge on any atom is 0.237 e. The highest BCUT2D eigenvalue weighted by atomic mass is 16.2. The maximum atomic E-state index is 12.9. The topological polar surface area (TPSA) is 53.4 Å². The molecule has 1 amide bonds. The molecule has 1 aromatic rings. The summed E-state index contributed by atoms with van der Waals surface area (Å²) in [5, 5.41) is 3.43. The summed E-state index contributed by atoms with van der Waals surface area (Å²) in [4.78, 5) is 21.8. The van der Waals surface area contributed by atoms with Crippen molar-refractivity contribution < 1.29 is 4.79 Å². The molecule has 0 bridgehead atoms. The SMILES string of the molecule is CCC1CCCCN1C(=O)CN1CCNCC1c1nccn1C. The van der Waals surface area contributed by atoms with Crippen molar-refractivity contribution in [1.29, 1.82) is 0 Å². The largest absolute Gasteiger partial charge is 0.339 e. The van der Waals surface area contributed by atoms with Gasteiger partial charge in [0.15, 0.2) is 0 Å². The van der Waals surface area contributed by atoms with Crippen molar-refractivity contribution in [2.45, 2.75) is 44.7 Å². The van der Waals surface area contributed by atoms with Crippen LogP contribution >= 0.6 is 0 Å². The molecule has 2 aliphatic heterocycles. The first kappa shape index (κ1) is 16.5. The minimum atomic E-state index is 0.178. The highest BCUT2D eigenvalue weighted by molar-refractivity contribution is 5.78. The fourth-order valence-electron chi connectivity index (χ4n) is 3.91. The Morgan fingerprint density at radius 2 is 2.26 bits per heavy atom. The lowest BCUT2D eigenvalue weighted by Gasteiger charge is -2.39. The standard InChI is InChI=1S/C17H29N5O/c1-3-14-6-4-5-9-22(14)16(23)13-21-11-7-18-12-15(21)17-19-8-10-20(17)2/h8,10,14-15,18H,3-7,9,11-13H2,1-2H3. The molecule has 1 aromatic heterocycles. The molecule has 6 nitrogen and oxygen atoms in total. The lowest BCUT2D eigenvalue weighted by Crippen LogP contribution is -2.53. The van der Waals surface area contributed by atoms with Gasteiger partial charge in [0.05, 0.1) is 12.6 Å². The molecule has 0 saturated carbocycles. The Balaban J connectivity index is 1.69. The zero-order valence-corrected chi connectivity index (χ0v) is 14.4. The lowest BCUT2D eigenvalue weighted by molar-refractivity contribution is -0.137. The van der Waals surface area contributed by atoms with E-state index in [4.69, 9.17) is 0 Å². The number of piperidine rings is 1. The number of piperazine rings is 1. The lowest BCUT2D eigenvalue weighted by atomic mass is 10.00. The van der Waals surface area contributed by atoms with Crippen LogP contribution in [0.5, 0.6) is 0 Å². The molecular weight excluding hydrogens is 290 g/mol. The minimum absolute atomic E-state index is 0.178. The Morgan fingerprint density at radius 1 is 1.39 bits per heavy atom. The highest BCUT2D eigenvalue weighted by Crippen LogP contribution is 2.23. The maximum absolute atomic E-state index is 12.9. The minimum Gasteiger partial charge on any atom is -0.339 e. The van der Waals surface area contributed by atoms with Crippen LogP contribution < -0.4 is 5.32 Å². The molecule has 6 heteroatoms. The second-order valence-electron chi connectivity index (χ2n) is 6.73. The van der Waals surface area contributed by atoms with E-state index >= 15 is 0 Å². The van der Waals surface area contributed by atoms with E-state index in [-0.39, 0.29) is 11.9 Å². The van der Waals surface area contributed by atoms with E-state index in [1.165, 1.54) is 6.42 Å². The second kappa shape index (κ2) is 7.45. The first-order valence-electron chi connectivity index (χ1n) is 8.92. The van der Waals surface area contributed by atoms with E-state index in [9.17, 15) is 4.79 Å². The number of nitrogens with zero attached hydrogens (tertiary/aromatic N) is 4. The van der Waals surface area contributed by atoms with Crippen molar-refractivity contribution in [3.8, 4) is 0 Å². The van der Waals surface area contributed by atoms with Gasteiger partial charge in [-0.25, -0.2) is 4.98 Å². The van der Waals surface area contributed by atoms with Crippen LogP contribution in [-0.2, 0) is 11.8 Å².